The molecule has 0 bridgehead atoms. The first-order chi connectivity index (χ1) is 8.24. The van der Waals surface area contributed by atoms with Gasteiger partial charge < -0.3 is 10.1 Å². The molecular formula is C13H14BrNO2. The number of carbonyl (C=O) groups excluding carboxylic acids is 1. The number of ether oxygens (including phenoxy) is 1. The number of hydrogen-bond acceptors (Lipinski definition) is 2. The number of halogens is 1. The summed E-state index contributed by atoms with van der Waals surface area (Å²) in [5.41, 5.74) is 1.01. The zero-order valence-corrected chi connectivity index (χ0v) is 10.9. The fourth-order valence-corrected chi connectivity index (χ4v) is 2.90. The topological polar surface area (TPSA) is 38.3 Å². The van der Waals surface area contributed by atoms with Crippen LogP contribution in [0.2, 0.25) is 0 Å². The number of hydrogen-bond donors (Lipinski definition) is 1. The van der Waals surface area contributed by atoms with Crippen molar-refractivity contribution < 1.29 is 9.53 Å². The molecule has 1 amide bonds. The van der Waals surface area contributed by atoms with E-state index in [-0.39, 0.29) is 24.2 Å². The van der Waals surface area contributed by atoms with Gasteiger partial charge in [0, 0.05) is 10.0 Å². The highest BCUT2D eigenvalue weighted by Crippen LogP contribution is 2.35. The van der Waals surface area contributed by atoms with Crippen LogP contribution in [0.4, 0.5) is 0 Å². The summed E-state index contributed by atoms with van der Waals surface area (Å²) in [5.74, 6) is 0.216. The summed E-state index contributed by atoms with van der Waals surface area (Å²) in [4.78, 5) is 11.9. The Balaban J connectivity index is 1.81. The fourth-order valence-electron chi connectivity index (χ4n) is 2.63. The monoisotopic (exact) mass is 295 g/mol. The van der Waals surface area contributed by atoms with E-state index in [4.69, 9.17) is 4.74 Å². The molecule has 1 aliphatic carbocycles. The third kappa shape index (κ3) is 2.11. The Labute approximate surface area is 109 Å². The molecule has 2 fully saturated rings. The molecule has 3 rings (SSSR count). The van der Waals surface area contributed by atoms with Gasteiger partial charge in [0.25, 0.3) is 0 Å². The number of nitrogens with one attached hydrogen (secondary N) is 1. The van der Waals surface area contributed by atoms with Crippen LogP contribution in [0.3, 0.4) is 0 Å². The van der Waals surface area contributed by atoms with Gasteiger partial charge in [0.2, 0.25) is 5.91 Å². The average molecular weight is 296 g/mol. The van der Waals surface area contributed by atoms with Gasteiger partial charge in [-0.15, -0.1) is 0 Å². The van der Waals surface area contributed by atoms with Crippen molar-refractivity contribution in [1.29, 1.82) is 0 Å². The minimum atomic E-state index is -0.282. The molecule has 1 heterocycles. The summed E-state index contributed by atoms with van der Waals surface area (Å²) in [5, 5.41) is 2.95. The van der Waals surface area contributed by atoms with Gasteiger partial charge in [-0.2, -0.15) is 0 Å². The zero-order valence-electron chi connectivity index (χ0n) is 9.36. The Hall–Kier alpha value is -0.870. The summed E-state index contributed by atoms with van der Waals surface area (Å²) in [6, 6.07) is 7.88. The molecule has 1 aromatic carbocycles. The third-order valence-corrected chi connectivity index (χ3v) is 4.07. The lowest BCUT2D eigenvalue weighted by Gasteiger charge is -2.33. The first-order valence-corrected chi connectivity index (χ1v) is 6.74. The lowest BCUT2D eigenvalue weighted by atomic mass is 10.0. The van der Waals surface area contributed by atoms with E-state index in [0.29, 0.717) is 0 Å². The molecule has 1 aliphatic heterocycles. The average Bonchev–Trinajstić information content (AvgIpc) is 2.78. The number of fused-ring (bicyclic) bond motifs is 1. The number of benzene rings is 1. The molecule has 0 unspecified atom stereocenters. The lowest BCUT2D eigenvalue weighted by Crippen LogP contribution is -2.46. The summed E-state index contributed by atoms with van der Waals surface area (Å²) in [6.07, 6.45) is 2.89. The van der Waals surface area contributed by atoms with Gasteiger partial charge in [-0.3, -0.25) is 4.79 Å². The molecule has 3 atom stereocenters. The largest absolute Gasteiger partial charge is 0.350 e. The van der Waals surface area contributed by atoms with Crippen LogP contribution in [0.15, 0.2) is 28.7 Å². The molecule has 4 heteroatoms. The van der Waals surface area contributed by atoms with E-state index in [9.17, 15) is 4.79 Å². The van der Waals surface area contributed by atoms with E-state index in [2.05, 4.69) is 21.2 Å². The number of rotatable bonds is 1. The van der Waals surface area contributed by atoms with Gasteiger partial charge in [0.15, 0.2) is 6.23 Å². The summed E-state index contributed by atoms with van der Waals surface area (Å²) in [6.45, 7) is 0. The van der Waals surface area contributed by atoms with Crippen LogP contribution < -0.4 is 5.32 Å². The van der Waals surface area contributed by atoms with E-state index in [0.717, 1.165) is 29.3 Å². The van der Waals surface area contributed by atoms with Crippen LogP contribution in [0.25, 0.3) is 0 Å². The summed E-state index contributed by atoms with van der Waals surface area (Å²) >= 11 is 3.40. The predicted molar refractivity (Wildman–Crippen MR) is 67.2 cm³/mol. The predicted octanol–water partition coefficient (Wildman–Crippen LogP) is 2.76. The van der Waals surface area contributed by atoms with E-state index in [1.54, 1.807) is 0 Å². The van der Waals surface area contributed by atoms with Crippen molar-refractivity contribution in [3.05, 3.63) is 34.3 Å². The molecule has 1 saturated heterocycles. The Morgan fingerprint density at radius 3 is 2.76 bits per heavy atom. The minimum Gasteiger partial charge on any atom is -0.350 e. The normalized spacial score (nSPS) is 32.1. The molecule has 1 saturated carbocycles. The lowest BCUT2D eigenvalue weighted by molar-refractivity contribution is -0.150. The molecule has 17 heavy (non-hydrogen) atoms. The first kappa shape index (κ1) is 11.2. The highest BCUT2D eigenvalue weighted by Gasteiger charge is 2.40. The van der Waals surface area contributed by atoms with Crippen LogP contribution in [-0.2, 0) is 9.53 Å². The van der Waals surface area contributed by atoms with E-state index in [1.165, 1.54) is 0 Å². The Morgan fingerprint density at radius 2 is 2.00 bits per heavy atom. The molecule has 1 N–H and O–H groups in total. The number of carbonyl (C=O) groups is 1. The van der Waals surface area contributed by atoms with Crippen molar-refractivity contribution >= 4 is 21.8 Å². The van der Waals surface area contributed by atoms with Gasteiger partial charge in [-0.25, -0.2) is 0 Å². The van der Waals surface area contributed by atoms with E-state index in [1.807, 2.05) is 24.3 Å². The molecular weight excluding hydrogens is 282 g/mol. The molecule has 0 spiro atoms. The fraction of sp³-hybridized carbons (Fsp3) is 0.462. The van der Waals surface area contributed by atoms with Gasteiger partial charge in [-0.05, 0) is 31.4 Å². The van der Waals surface area contributed by atoms with E-state index >= 15 is 0 Å². The molecule has 0 radical (unpaired) electrons. The second kappa shape index (κ2) is 4.42. The molecule has 1 aromatic rings. The summed E-state index contributed by atoms with van der Waals surface area (Å²) < 4.78 is 6.99. The third-order valence-electron chi connectivity index (χ3n) is 3.55. The van der Waals surface area contributed by atoms with Gasteiger partial charge >= 0.3 is 0 Å². The van der Waals surface area contributed by atoms with Crippen molar-refractivity contribution in [2.24, 2.45) is 5.92 Å². The minimum absolute atomic E-state index is 0.0710. The SMILES string of the molecule is O=C1N[C@@H](c2ccc(Br)cc2)O[C@H]2CCC[C@@H]12. The van der Waals surface area contributed by atoms with Crippen LogP contribution in [0, 0.1) is 5.92 Å². The maximum absolute atomic E-state index is 11.9. The van der Waals surface area contributed by atoms with Crippen molar-refractivity contribution in [2.45, 2.75) is 31.6 Å². The zero-order chi connectivity index (χ0) is 11.8. The highest BCUT2D eigenvalue weighted by molar-refractivity contribution is 9.10. The smallest absolute Gasteiger partial charge is 0.227 e. The van der Waals surface area contributed by atoms with Gasteiger partial charge in [0.1, 0.15) is 0 Å². The van der Waals surface area contributed by atoms with Gasteiger partial charge in [-0.1, -0.05) is 28.1 Å². The second-order valence-electron chi connectivity index (χ2n) is 4.65. The van der Waals surface area contributed by atoms with Gasteiger partial charge in [0.05, 0.1) is 12.0 Å². The Kier molecular flexibility index (Phi) is 2.92. The van der Waals surface area contributed by atoms with Crippen molar-refractivity contribution in [1.82, 2.24) is 5.32 Å². The van der Waals surface area contributed by atoms with Crippen molar-refractivity contribution in [2.75, 3.05) is 0 Å². The molecule has 0 aromatic heterocycles. The van der Waals surface area contributed by atoms with Crippen LogP contribution in [0.1, 0.15) is 31.1 Å². The molecule has 3 nitrogen and oxygen atoms in total. The molecule has 90 valence electrons. The standard InChI is InChI=1S/C13H14BrNO2/c14-9-6-4-8(5-7-9)13-15-12(16)10-2-1-3-11(10)17-13/h4-7,10-11,13H,1-3H2,(H,15,16)/t10-,11+,13-/m1/s1. The summed E-state index contributed by atoms with van der Waals surface area (Å²) in [7, 11) is 0. The van der Waals surface area contributed by atoms with Crippen molar-refractivity contribution in [3.63, 3.8) is 0 Å². The van der Waals surface area contributed by atoms with E-state index < -0.39 is 0 Å². The second-order valence-corrected chi connectivity index (χ2v) is 5.57. The Morgan fingerprint density at radius 1 is 1.24 bits per heavy atom. The first-order valence-electron chi connectivity index (χ1n) is 5.95. The Bertz CT molecular complexity index is 432. The number of amides is 1. The molecule has 2 aliphatic rings. The maximum atomic E-state index is 11.9. The highest BCUT2D eigenvalue weighted by atomic mass is 79.9. The van der Waals surface area contributed by atoms with Crippen LogP contribution in [0.5, 0.6) is 0 Å². The van der Waals surface area contributed by atoms with Crippen molar-refractivity contribution in [3.8, 4) is 0 Å². The van der Waals surface area contributed by atoms with Crippen LogP contribution >= 0.6 is 15.9 Å². The quantitative estimate of drug-likeness (QED) is 0.865. The van der Waals surface area contributed by atoms with Crippen LogP contribution in [-0.4, -0.2) is 12.0 Å². The maximum Gasteiger partial charge on any atom is 0.227 e.